The van der Waals surface area contributed by atoms with Crippen LogP contribution in [0.25, 0.3) is 0 Å². The summed E-state index contributed by atoms with van der Waals surface area (Å²) >= 11 is 0. The molecule has 7 nitrogen and oxygen atoms in total. The van der Waals surface area contributed by atoms with Gasteiger partial charge in [0.15, 0.2) is 17.4 Å². The van der Waals surface area contributed by atoms with Gasteiger partial charge in [-0.15, -0.1) is 0 Å². The van der Waals surface area contributed by atoms with Gasteiger partial charge in [-0.05, 0) is 31.2 Å². The molecule has 1 aliphatic heterocycles. The molecule has 0 unspecified atom stereocenters. The third kappa shape index (κ3) is 2.66. The number of fused-ring (bicyclic) bond motifs is 1. The molecule has 0 bridgehead atoms. The number of ketones is 1. The van der Waals surface area contributed by atoms with Gasteiger partial charge < -0.3 is 16.0 Å². The fourth-order valence-electron chi connectivity index (χ4n) is 2.01. The number of benzene rings is 1. The second kappa shape index (κ2) is 5.20. The van der Waals surface area contributed by atoms with Gasteiger partial charge in [-0.2, -0.15) is 0 Å². The van der Waals surface area contributed by atoms with Crippen molar-refractivity contribution in [2.75, 3.05) is 22.5 Å². The van der Waals surface area contributed by atoms with Crippen molar-refractivity contribution in [1.29, 1.82) is 0 Å². The van der Waals surface area contributed by atoms with Crippen LogP contribution >= 0.6 is 0 Å². The summed E-state index contributed by atoms with van der Waals surface area (Å²) in [5.41, 5.74) is 1.92. The number of carbonyl (C=O) groups is 2. The van der Waals surface area contributed by atoms with Gasteiger partial charge in [0.05, 0.1) is 6.54 Å². The summed E-state index contributed by atoms with van der Waals surface area (Å²) in [7, 11) is 0. The van der Waals surface area contributed by atoms with Crippen molar-refractivity contribution in [2.24, 2.45) is 0 Å². The minimum atomic E-state index is -0.146. The Kier molecular flexibility index (Phi) is 3.23. The monoisotopic (exact) mass is 283 g/mol. The van der Waals surface area contributed by atoms with Crippen molar-refractivity contribution in [3.63, 3.8) is 0 Å². The quantitative estimate of drug-likeness (QED) is 0.743. The van der Waals surface area contributed by atoms with E-state index in [1.165, 1.54) is 13.3 Å². The highest BCUT2D eigenvalue weighted by Gasteiger charge is 2.19. The largest absolute Gasteiger partial charge is 0.359 e. The molecule has 0 aliphatic carbocycles. The molecular weight excluding hydrogens is 270 g/mol. The van der Waals surface area contributed by atoms with Crippen LogP contribution in [0.1, 0.15) is 17.3 Å². The summed E-state index contributed by atoms with van der Waals surface area (Å²) in [6.45, 7) is 1.71. The van der Waals surface area contributed by atoms with Crippen molar-refractivity contribution >= 4 is 34.7 Å². The summed E-state index contributed by atoms with van der Waals surface area (Å²) in [4.78, 5) is 30.9. The van der Waals surface area contributed by atoms with Crippen molar-refractivity contribution in [3.8, 4) is 0 Å². The number of Topliss-reactive ketones (excluding diaryl/α,β-unsaturated/α-hetero) is 1. The minimum absolute atomic E-state index is 0.0115. The molecule has 0 saturated heterocycles. The molecule has 0 saturated carbocycles. The molecule has 1 aliphatic rings. The summed E-state index contributed by atoms with van der Waals surface area (Å²) in [6, 6.07) is 7.02. The summed E-state index contributed by atoms with van der Waals surface area (Å²) in [5.74, 6) is 0.938. The van der Waals surface area contributed by atoms with E-state index >= 15 is 0 Å². The smallest absolute Gasteiger partial charge is 0.243 e. The number of amides is 1. The molecule has 106 valence electrons. The lowest BCUT2D eigenvalue weighted by Gasteiger charge is -2.20. The van der Waals surface area contributed by atoms with Gasteiger partial charge in [-0.3, -0.25) is 9.59 Å². The Balaban J connectivity index is 1.88. The zero-order valence-electron chi connectivity index (χ0n) is 11.3. The molecule has 0 radical (unpaired) electrons. The number of aromatic nitrogens is 2. The van der Waals surface area contributed by atoms with Crippen LogP contribution in [0.5, 0.6) is 0 Å². The highest BCUT2D eigenvalue weighted by Crippen LogP contribution is 2.30. The van der Waals surface area contributed by atoms with Crippen LogP contribution in [0.4, 0.5) is 23.0 Å². The highest BCUT2D eigenvalue weighted by molar-refractivity contribution is 6.03. The van der Waals surface area contributed by atoms with Crippen molar-refractivity contribution < 1.29 is 9.59 Å². The lowest BCUT2D eigenvalue weighted by Crippen LogP contribution is -2.28. The van der Waals surface area contributed by atoms with Crippen LogP contribution in [0, 0.1) is 0 Å². The third-order valence-corrected chi connectivity index (χ3v) is 3.08. The second-order valence-corrected chi connectivity index (χ2v) is 4.61. The zero-order valence-corrected chi connectivity index (χ0v) is 11.3. The maximum atomic E-state index is 11.5. The highest BCUT2D eigenvalue weighted by atomic mass is 16.2. The normalized spacial score (nSPS) is 12.9. The molecule has 1 aromatic carbocycles. The maximum absolute atomic E-state index is 11.5. The Bertz CT molecular complexity index is 712. The first-order chi connectivity index (χ1) is 10.1. The molecule has 7 heteroatoms. The average molecular weight is 283 g/mol. The number of anilines is 4. The number of hydrogen-bond acceptors (Lipinski definition) is 6. The van der Waals surface area contributed by atoms with E-state index in [1.807, 2.05) is 0 Å². The molecule has 0 atom stereocenters. The summed E-state index contributed by atoms with van der Waals surface area (Å²) in [6.07, 6.45) is 1.41. The van der Waals surface area contributed by atoms with Gasteiger partial charge in [-0.1, -0.05) is 0 Å². The Morgan fingerprint density at radius 2 is 2.00 bits per heavy atom. The molecule has 0 fully saturated rings. The van der Waals surface area contributed by atoms with Crippen molar-refractivity contribution in [3.05, 3.63) is 36.2 Å². The van der Waals surface area contributed by atoms with Crippen LogP contribution in [0.15, 0.2) is 30.6 Å². The predicted octanol–water partition coefficient (Wildman–Crippen LogP) is 1.79. The molecule has 0 spiro atoms. The fourth-order valence-corrected chi connectivity index (χ4v) is 2.01. The Morgan fingerprint density at radius 3 is 2.71 bits per heavy atom. The van der Waals surface area contributed by atoms with E-state index in [-0.39, 0.29) is 18.2 Å². The Hall–Kier alpha value is -2.96. The van der Waals surface area contributed by atoms with Crippen LogP contribution in [-0.2, 0) is 4.79 Å². The number of hydrogen-bond donors (Lipinski definition) is 3. The third-order valence-electron chi connectivity index (χ3n) is 3.08. The van der Waals surface area contributed by atoms with Gasteiger partial charge in [0, 0.05) is 11.3 Å². The number of nitrogens with zero attached hydrogens (tertiary/aromatic N) is 2. The van der Waals surface area contributed by atoms with Gasteiger partial charge >= 0.3 is 0 Å². The maximum Gasteiger partial charge on any atom is 0.243 e. The molecule has 1 aromatic heterocycles. The lowest BCUT2D eigenvalue weighted by molar-refractivity contribution is -0.114. The SMILES string of the molecule is CC(=O)c1ccc(Nc2ncnc3c2NC(=O)CN3)cc1. The van der Waals surface area contributed by atoms with Crippen molar-refractivity contribution in [1.82, 2.24) is 9.97 Å². The predicted molar refractivity (Wildman–Crippen MR) is 78.9 cm³/mol. The van der Waals surface area contributed by atoms with Gasteiger partial charge in [0.2, 0.25) is 5.91 Å². The van der Waals surface area contributed by atoms with E-state index in [0.29, 0.717) is 22.9 Å². The van der Waals surface area contributed by atoms with Crippen LogP contribution in [0.3, 0.4) is 0 Å². The van der Waals surface area contributed by atoms with Crippen LogP contribution < -0.4 is 16.0 Å². The first kappa shape index (κ1) is 13.0. The standard InChI is InChI=1S/C14H13N5O2/c1-8(20)9-2-4-10(5-3-9)18-14-12-13(16-7-17-14)15-6-11(21)19-12/h2-5,7H,6H2,1H3,(H,19,21)(H2,15,16,17,18). The Morgan fingerprint density at radius 1 is 1.24 bits per heavy atom. The summed E-state index contributed by atoms with van der Waals surface area (Å²) in [5, 5.41) is 8.75. The summed E-state index contributed by atoms with van der Waals surface area (Å²) < 4.78 is 0. The van der Waals surface area contributed by atoms with E-state index in [0.717, 1.165) is 5.69 Å². The molecule has 3 rings (SSSR count). The average Bonchev–Trinajstić information content (AvgIpc) is 2.48. The molecule has 2 heterocycles. The first-order valence-corrected chi connectivity index (χ1v) is 6.40. The lowest BCUT2D eigenvalue weighted by atomic mass is 10.1. The molecule has 1 amide bonds. The minimum Gasteiger partial charge on any atom is -0.359 e. The van der Waals surface area contributed by atoms with Crippen molar-refractivity contribution in [2.45, 2.75) is 6.92 Å². The van der Waals surface area contributed by atoms with E-state index < -0.39 is 0 Å². The van der Waals surface area contributed by atoms with E-state index in [2.05, 4.69) is 25.9 Å². The van der Waals surface area contributed by atoms with Crippen LogP contribution in [0.2, 0.25) is 0 Å². The van der Waals surface area contributed by atoms with Crippen LogP contribution in [-0.4, -0.2) is 28.2 Å². The van der Waals surface area contributed by atoms with Gasteiger partial charge in [0.25, 0.3) is 0 Å². The number of rotatable bonds is 3. The van der Waals surface area contributed by atoms with E-state index in [1.54, 1.807) is 24.3 Å². The Labute approximate surface area is 120 Å². The molecular formula is C14H13N5O2. The second-order valence-electron chi connectivity index (χ2n) is 4.61. The van der Waals surface area contributed by atoms with E-state index in [4.69, 9.17) is 0 Å². The van der Waals surface area contributed by atoms with Gasteiger partial charge in [0.1, 0.15) is 12.0 Å². The first-order valence-electron chi connectivity index (χ1n) is 6.40. The molecule has 2 aromatic rings. The topological polar surface area (TPSA) is 96.0 Å². The zero-order chi connectivity index (χ0) is 14.8. The molecule has 3 N–H and O–H groups in total. The number of carbonyl (C=O) groups excluding carboxylic acids is 2. The number of nitrogens with one attached hydrogen (secondary N) is 3. The van der Waals surface area contributed by atoms with Gasteiger partial charge in [-0.25, -0.2) is 9.97 Å². The molecule has 21 heavy (non-hydrogen) atoms. The van der Waals surface area contributed by atoms with E-state index in [9.17, 15) is 9.59 Å². The fraction of sp³-hybridized carbons (Fsp3) is 0.143.